The molecular formula is C32H43NO10. The molecule has 0 amide bonds. The Labute approximate surface area is 251 Å². The van der Waals surface area contributed by atoms with E-state index < -0.39 is 83.5 Å². The van der Waals surface area contributed by atoms with E-state index in [9.17, 15) is 19.5 Å². The number of ether oxygens (including phenoxy) is 6. The highest BCUT2D eigenvalue weighted by molar-refractivity contribution is 5.87. The summed E-state index contributed by atoms with van der Waals surface area (Å²) in [6.45, 7) is 11.2. The van der Waals surface area contributed by atoms with Crippen LogP contribution in [0.25, 0.3) is 0 Å². The van der Waals surface area contributed by atoms with Crippen LogP contribution in [-0.4, -0.2) is 84.1 Å². The first kappa shape index (κ1) is 31.3. The van der Waals surface area contributed by atoms with Crippen molar-refractivity contribution in [3.63, 3.8) is 0 Å². The van der Waals surface area contributed by atoms with Gasteiger partial charge in [-0.3, -0.25) is 0 Å². The molecule has 1 saturated carbocycles. The van der Waals surface area contributed by atoms with Crippen LogP contribution in [-0.2, 0) is 33.2 Å². The van der Waals surface area contributed by atoms with Gasteiger partial charge in [-0.05, 0) is 44.9 Å². The molecule has 1 unspecified atom stereocenters. The number of H-pyrrole nitrogens is 1. The number of hydrogen-bond acceptors (Lipinski definition) is 10. The first-order valence-electron chi connectivity index (χ1n) is 15.0. The number of cyclic esters (lactones) is 1. The van der Waals surface area contributed by atoms with Crippen LogP contribution in [0.1, 0.15) is 58.5 Å². The molecule has 3 heterocycles. The predicted octanol–water partition coefficient (Wildman–Crippen LogP) is 3.97. The second kappa shape index (κ2) is 11.7. The lowest BCUT2D eigenvalue weighted by Gasteiger charge is -2.53. The van der Waals surface area contributed by atoms with Crippen molar-refractivity contribution in [2.24, 2.45) is 29.1 Å². The Morgan fingerprint density at radius 1 is 1.28 bits per heavy atom. The standard InChI is InChI=1S/C32H43NO10/c1-8-39-30(37)40-19(5)24-16(2)14-17(3)32-20(15-22(38-7)29(36)41-24)11-12-31(6)26(32)23(34)18(4)25(27(31)43-32)42-28(35)21-10-9-13-33-21/h9-14,16,18-20,22-27,33-34H,8,15H2,1-7H3/b17-14+/t16-,18-,19-,20?,22+,23-,24+,25-,26-,27+,31-,32+/m1/s1. The van der Waals surface area contributed by atoms with Crippen molar-refractivity contribution >= 4 is 18.1 Å². The number of aromatic nitrogens is 1. The minimum absolute atomic E-state index is 0.147. The largest absolute Gasteiger partial charge is 0.508 e. The number of nitrogens with one attached hydrogen (secondary N) is 1. The molecular weight excluding hydrogens is 558 g/mol. The van der Waals surface area contributed by atoms with Crippen molar-refractivity contribution in [3.8, 4) is 0 Å². The van der Waals surface area contributed by atoms with E-state index in [4.69, 9.17) is 28.4 Å². The molecule has 1 saturated heterocycles. The van der Waals surface area contributed by atoms with Crippen molar-refractivity contribution < 1.29 is 47.9 Å². The zero-order chi connectivity index (χ0) is 31.3. The summed E-state index contributed by atoms with van der Waals surface area (Å²) in [7, 11) is 1.45. The molecule has 2 aliphatic carbocycles. The van der Waals surface area contributed by atoms with E-state index in [1.807, 2.05) is 45.9 Å². The lowest BCUT2D eigenvalue weighted by atomic mass is 9.51. The average Bonchev–Trinajstić information content (AvgIpc) is 3.54. The van der Waals surface area contributed by atoms with Gasteiger partial charge in [0.1, 0.15) is 35.7 Å². The summed E-state index contributed by atoms with van der Waals surface area (Å²) in [5.74, 6) is -2.72. The van der Waals surface area contributed by atoms with Crippen LogP contribution in [0.3, 0.4) is 0 Å². The topological polar surface area (TPSA) is 143 Å². The lowest BCUT2D eigenvalue weighted by Crippen LogP contribution is -2.61. The summed E-state index contributed by atoms with van der Waals surface area (Å²) in [4.78, 5) is 41.6. The van der Waals surface area contributed by atoms with E-state index in [0.29, 0.717) is 5.69 Å². The van der Waals surface area contributed by atoms with E-state index in [0.717, 1.165) is 5.57 Å². The third-order valence-corrected chi connectivity index (χ3v) is 9.99. The lowest BCUT2D eigenvalue weighted by molar-refractivity contribution is -0.173. The van der Waals surface area contributed by atoms with Gasteiger partial charge < -0.3 is 38.5 Å². The molecule has 4 bridgehead atoms. The number of rotatable bonds is 6. The van der Waals surface area contributed by atoms with Crippen molar-refractivity contribution in [3.05, 3.63) is 47.8 Å². The quantitative estimate of drug-likeness (QED) is 0.279. The molecule has 2 N–H and O–H groups in total. The van der Waals surface area contributed by atoms with Crippen molar-refractivity contribution in [2.45, 2.75) is 90.2 Å². The minimum atomic E-state index is -1.03. The molecule has 1 aromatic heterocycles. The summed E-state index contributed by atoms with van der Waals surface area (Å²) in [5, 5.41) is 12.0. The summed E-state index contributed by atoms with van der Waals surface area (Å²) in [6.07, 6.45) is 2.26. The number of aliphatic hydroxyl groups is 1. The molecule has 11 nitrogen and oxygen atoms in total. The maximum Gasteiger partial charge on any atom is 0.508 e. The molecule has 1 aromatic rings. The highest BCUT2D eigenvalue weighted by atomic mass is 16.7. The van der Waals surface area contributed by atoms with Crippen molar-refractivity contribution in [1.82, 2.24) is 4.98 Å². The van der Waals surface area contributed by atoms with Gasteiger partial charge in [-0.15, -0.1) is 0 Å². The maximum atomic E-state index is 13.5. The Morgan fingerprint density at radius 3 is 2.67 bits per heavy atom. The van der Waals surface area contributed by atoms with E-state index in [1.54, 1.807) is 32.2 Å². The fourth-order valence-corrected chi connectivity index (χ4v) is 7.90. The minimum Gasteiger partial charge on any atom is -0.456 e. The number of aliphatic hydroxyl groups excluding tert-OH is 1. The molecule has 1 spiro atoms. The molecule has 4 aliphatic rings. The first-order valence-corrected chi connectivity index (χ1v) is 15.0. The molecule has 43 heavy (non-hydrogen) atoms. The zero-order valence-corrected chi connectivity index (χ0v) is 25.8. The number of hydrogen-bond donors (Lipinski definition) is 2. The number of methoxy groups -OCH3 is 1. The third-order valence-electron chi connectivity index (χ3n) is 9.99. The van der Waals surface area contributed by atoms with E-state index in [-0.39, 0.29) is 18.9 Å². The molecule has 12 atom stereocenters. The Kier molecular flexibility index (Phi) is 8.54. The molecule has 0 aromatic carbocycles. The summed E-state index contributed by atoms with van der Waals surface area (Å²) in [5.41, 5.74) is -0.545. The molecule has 2 fully saturated rings. The second-order valence-electron chi connectivity index (χ2n) is 12.5. The number of carbonyl (C=O) groups is 3. The van der Waals surface area contributed by atoms with Gasteiger partial charge >= 0.3 is 18.1 Å². The predicted molar refractivity (Wildman–Crippen MR) is 153 cm³/mol. The van der Waals surface area contributed by atoms with Gasteiger partial charge in [0.2, 0.25) is 0 Å². The molecule has 236 valence electrons. The summed E-state index contributed by atoms with van der Waals surface area (Å²) < 4.78 is 35.1. The van der Waals surface area contributed by atoms with Crippen LogP contribution in [0.15, 0.2) is 42.1 Å². The number of esters is 2. The van der Waals surface area contributed by atoms with Gasteiger partial charge in [0, 0.05) is 42.4 Å². The fraction of sp³-hybridized carbons (Fsp3) is 0.656. The SMILES string of the molecule is CCOC(=O)O[C@H](C)[C@H]1OC(=O)[C@@H](OC)CC2C=C[C@]3(C)[C@H]4[C@H](O)[C@@H](C)[C@@H](OC(=O)c5ccc[nH]5)[C@@H]3O[C@@]24/C(C)=C/[C@H]1C. The van der Waals surface area contributed by atoms with Gasteiger partial charge in [0.05, 0.1) is 12.7 Å². The average molecular weight is 602 g/mol. The third kappa shape index (κ3) is 5.09. The number of carbonyl (C=O) groups excluding carboxylic acids is 3. The van der Waals surface area contributed by atoms with Gasteiger partial charge in [0.15, 0.2) is 6.10 Å². The molecule has 5 rings (SSSR count). The van der Waals surface area contributed by atoms with Crippen LogP contribution in [0.4, 0.5) is 4.79 Å². The molecule has 0 radical (unpaired) electrons. The van der Waals surface area contributed by atoms with Gasteiger partial charge in [-0.2, -0.15) is 0 Å². The fourth-order valence-electron chi connectivity index (χ4n) is 7.90. The number of aromatic amines is 1. The van der Waals surface area contributed by atoms with Gasteiger partial charge in [-0.25, -0.2) is 14.4 Å². The van der Waals surface area contributed by atoms with E-state index >= 15 is 0 Å². The van der Waals surface area contributed by atoms with Crippen LogP contribution in [0.2, 0.25) is 0 Å². The van der Waals surface area contributed by atoms with Crippen LogP contribution >= 0.6 is 0 Å². The van der Waals surface area contributed by atoms with Crippen molar-refractivity contribution in [1.29, 1.82) is 0 Å². The normalized spacial score (nSPS) is 42.1. The smallest absolute Gasteiger partial charge is 0.456 e. The van der Waals surface area contributed by atoms with Crippen LogP contribution < -0.4 is 0 Å². The van der Waals surface area contributed by atoms with Crippen molar-refractivity contribution in [2.75, 3.05) is 13.7 Å². The van der Waals surface area contributed by atoms with Gasteiger partial charge in [0.25, 0.3) is 0 Å². The summed E-state index contributed by atoms with van der Waals surface area (Å²) in [6, 6.07) is 3.36. The Balaban J connectivity index is 1.57. The van der Waals surface area contributed by atoms with Crippen LogP contribution in [0, 0.1) is 29.1 Å². The Hall–Kier alpha value is -3.15. The first-order chi connectivity index (χ1) is 20.4. The Bertz CT molecular complexity index is 1270. The monoisotopic (exact) mass is 601 g/mol. The van der Waals surface area contributed by atoms with Crippen LogP contribution in [0.5, 0.6) is 0 Å². The second-order valence-corrected chi connectivity index (χ2v) is 12.5. The highest BCUT2D eigenvalue weighted by Gasteiger charge is 2.73. The van der Waals surface area contributed by atoms with E-state index in [2.05, 4.69) is 4.98 Å². The summed E-state index contributed by atoms with van der Waals surface area (Å²) >= 11 is 0. The van der Waals surface area contributed by atoms with Gasteiger partial charge in [-0.1, -0.05) is 39.0 Å². The highest BCUT2D eigenvalue weighted by Crippen LogP contribution is 2.66. The molecule has 11 heteroatoms. The maximum absolute atomic E-state index is 13.5. The van der Waals surface area contributed by atoms with E-state index in [1.165, 1.54) is 7.11 Å². The Morgan fingerprint density at radius 2 is 2.02 bits per heavy atom. The zero-order valence-electron chi connectivity index (χ0n) is 25.8. The molecule has 2 aliphatic heterocycles.